The van der Waals surface area contributed by atoms with Crippen molar-refractivity contribution in [1.82, 2.24) is 5.43 Å². The summed E-state index contributed by atoms with van der Waals surface area (Å²) in [5.74, 6) is 0.860. The van der Waals surface area contributed by atoms with E-state index in [1.54, 1.807) is 42.5 Å². The Morgan fingerprint density at radius 3 is 2.58 bits per heavy atom. The van der Waals surface area contributed by atoms with Gasteiger partial charge in [0, 0.05) is 15.6 Å². The van der Waals surface area contributed by atoms with Crippen molar-refractivity contribution in [2.75, 3.05) is 0 Å². The van der Waals surface area contributed by atoms with Crippen molar-refractivity contribution in [2.45, 2.75) is 0 Å². The first-order chi connectivity index (χ1) is 11.6. The Labute approximate surface area is 152 Å². The molecule has 24 heavy (non-hydrogen) atoms. The second-order valence-electron chi connectivity index (χ2n) is 4.89. The summed E-state index contributed by atoms with van der Waals surface area (Å²) in [6.45, 7) is 0. The third-order valence-electron chi connectivity index (χ3n) is 3.23. The Bertz CT molecular complexity index is 888. The fourth-order valence-corrected chi connectivity index (χ4v) is 2.54. The van der Waals surface area contributed by atoms with E-state index in [2.05, 4.69) is 26.5 Å². The van der Waals surface area contributed by atoms with E-state index in [0.717, 1.165) is 10.0 Å². The topological polar surface area (TPSA) is 54.6 Å². The average molecular weight is 404 g/mol. The predicted molar refractivity (Wildman–Crippen MR) is 98.4 cm³/mol. The van der Waals surface area contributed by atoms with Crippen LogP contribution >= 0.6 is 27.5 Å². The van der Waals surface area contributed by atoms with Gasteiger partial charge in [0.2, 0.25) is 0 Å². The van der Waals surface area contributed by atoms with Gasteiger partial charge in [0.1, 0.15) is 11.5 Å². The minimum atomic E-state index is -0.295. The van der Waals surface area contributed by atoms with Crippen LogP contribution < -0.4 is 5.43 Å². The van der Waals surface area contributed by atoms with Gasteiger partial charge in [-0.15, -0.1) is 0 Å². The quantitative estimate of drug-likeness (QED) is 0.485. The molecule has 120 valence electrons. The molecule has 4 nitrogen and oxygen atoms in total. The van der Waals surface area contributed by atoms with Crippen LogP contribution in [0.15, 0.2) is 74.7 Å². The van der Waals surface area contributed by atoms with Gasteiger partial charge >= 0.3 is 0 Å². The number of hydrogen-bond acceptors (Lipinski definition) is 3. The van der Waals surface area contributed by atoms with Crippen molar-refractivity contribution >= 4 is 39.7 Å². The first-order valence-corrected chi connectivity index (χ1v) is 8.24. The maximum Gasteiger partial charge on any atom is 0.271 e. The summed E-state index contributed by atoms with van der Waals surface area (Å²) in [5, 5.41) is 4.52. The molecule has 3 rings (SSSR count). The molecule has 0 saturated heterocycles. The van der Waals surface area contributed by atoms with Crippen LogP contribution in [0.4, 0.5) is 0 Å². The van der Waals surface area contributed by atoms with Crippen molar-refractivity contribution < 1.29 is 9.21 Å². The number of hydrogen-bond donors (Lipinski definition) is 1. The normalized spacial score (nSPS) is 10.9. The van der Waals surface area contributed by atoms with E-state index in [1.807, 2.05) is 18.2 Å². The standard InChI is InChI=1S/C18H12BrClN2O2/c19-13-7-5-12(6-8-13)18(23)22-21-11-14-9-10-17(24-14)15-3-1-2-4-16(15)20/h1-11H,(H,22,23). The number of rotatable bonds is 4. The highest BCUT2D eigenvalue weighted by Crippen LogP contribution is 2.28. The summed E-state index contributed by atoms with van der Waals surface area (Å²) in [7, 11) is 0. The van der Waals surface area contributed by atoms with Crippen molar-refractivity contribution in [3.05, 3.63) is 81.5 Å². The molecule has 0 radical (unpaired) electrons. The summed E-state index contributed by atoms with van der Waals surface area (Å²) in [6, 6.07) is 18.0. The minimum Gasteiger partial charge on any atom is -0.455 e. The van der Waals surface area contributed by atoms with Crippen LogP contribution in [0.5, 0.6) is 0 Å². The Balaban J connectivity index is 1.66. The Hall–Kier alpha value is -2.37. The second kappa shape index (κ2) is 7.47. The number of hydrazone groups is 1. The first-order valence-electron chi connectivity index (χ1n) is 7.07. The fraction of sp³-hybridized carbons (Fsp3) is 0. The molecule has 0 atom stereocenters. The van der Waals surface area contributed by atoms with Gasteiger partial charge < -0.3 is 4.42 Å². The third-order valence-corrected chi connectivity index (χ3v) is 4.09. The molecule has 0 unspecified atom stereocenters. The molecule has 3 aromatic rings. The van der Waals surface area contributed by atoms with Gasteiger partial charge in [0.05, 0.1) is 11.2 Å². The minimum absolute atomic E-state index is 0.295. The lowest BCUT2D eigenvalue weighted by atomic mass is 10.2. The zero-order valence-corrected chi connectivity index (χ0v) is 14.7. The zero-order chi connectivity index (χ0) is 16.9. The molecule has 1 N–H and O–H groups in total. The van der Waals surface area contributed by atoms with Crippen LogP contribution in [0.25, 0.3) is 11.3 Å². The molecule has 0 aliphatic heterocycles. The molecular weight excluding hydrogens is 392 g/mol. The maximum absolute atomic E-state index is 11.9. The van der Waals surface area contributed by atoms with Gasteiger partial charge in [0.15, 0.2) is 0 Å². The number of amides is 1. The molecule has 1 heterocycles. The summed E-state index contributed by atoms with van der Waals surface area (Å²) in [6.07, 6.45) is 1.44. The van der Waals surface area contributed by atoms with Gasteiger partial charge in [-0.05, 0) is 48.5 Å². The number of nitrogens with one attached hydrogen (secondary N) is 1. The van der Waals surface area contributed by atoms with E-state index in [-0.39, 0.29) is 5.91 Å². The van der Waals surface area contributed by atoms with Crippen LogP contribution in [-0.4, -0.2) is 12.1 Å². The maximum atomic E-state index is 11.9. The van der Waals surface area contributed by atoms with E-state index in [1.165, 1.54) is 6.21 Å². The van der Waals surface area contributed by atoms with Crippen LogP contribution in [0.1, 0.15) is 16.1 Å². The van der Waals surface area contributed by atoms with Gasteiger partial charge in [-0.2, -0.15) is 5.10 Å². The fourth-order valence-electron chi connectivity index (χ4n) is 2.05. The Morgan fingerprint density at radius 1 is 1.08 bits per heavy atom. The van der Waals surface area contributed by atoms with Crippen molar-refractivity contribution in [1.29, 1.82) is 0 Å². The van der Waals surface area contributed by atoms with Crippen molar-refractivity contribution in [2.24, 2.45) is 5.10 Å². The zero-order valence-electron chi connectivity index (χ0n) is 12.4. The number of furan rings is 1. The Morgan fingerprint density at radius 2 is 1.83 bits per heavy atom. The molecule has 2 aromatic carbocycles. The molecule has 0 bridgehead atoms. The number of carbonyl (C=O) groups is 1. The van der Waals surface area contributed by atoms with Gasteiger partial charge in [-0.25, -0.2) is 5.43 Å². The van der Waals surface area contributed by atoms with Crippen LogP contribution in [-0.2, 0) is 0 Å². The van der Waals surface area contributed by atoms with E-state index in [0.29, 0.717) is 22.1 Å². The molecular formula is C18H12BrClN2O2. The number of halogens is 2. The summed E-state index contributed by atoms with van der Waals surface area (Å²) in [4.78, 5) is 11.9. The predicted octanol–water partition coefficient (Wildman–Crippen LogP) is 5.13. The van der Waals surface area contributed by atoms with Crippen LogP contribution in [0.3, 0.4) is 0 Å². The van der Waals surface area contributed by atoms with Gasteiger partial charge in [0.25, 0.3) is 5.91 Å². The van der Waals surface area contributed by atoms with Gasteiger partial charge in [-0.3, -0.25) is 4.79 Å². The monoisotopic (exact) mass is 402 g/mol. The lowest BCUT2D eigenvalue weighted by molar-refractivity contribution is 0.0955. The molecule has 0 aliphatic rings. The van der Waals surface area contributed by atoms with E-state index in [9.17, 15) is 4.79 Å². The summed E-state index contributed by atoms with van der Waals surface area (Å²) < 4.78 is 6.57. The SMILES string of the molecule is O=C(NN=Cc1ccc(-c2ccccc2Cl)o1)c1ccc(Br)cc1. The lowest BCUT2D eigenvalue weighted by Crippen LogP contribution is -2.17. The molecule has 1 amide bonds. The molecule has 0 aliphatic carbocycles. The summed E-state index contributed by atoms with van der Waals surface area (Å²) >= 11 is 9.46. The highest BCUT2D eigenvalue weighted by molar-refractivity contribution is 9.10. The number of carbonyl (C=O) groups excluding carboxylic acids is 1. The van der Waals surface area contributed by atoms with E-state index >= 15 is 0 Å². The van der Waals surface area contributed by atoms with Crippen molar-refractivity contribution in [3.8, 4) is 11.3 Å². The summed E-state index contributed by atoms with van der Waals surface area (Å²) in [5.41, 5.74) is 3.78. The highest BCUT2D eigenvalue weighted by atomic mass is 79.9. The average Bonchev–Trinajstić information content (AvgIpc) is 3.04. The van der Waals surface area contributed by atoms with Crippen LogP contribution in [0.2, 0.25) is 5.02 Å². The molecule has 6 heteroatoms. The lowest BCUT2D eigenvalue weighted by Gasteiger charge is -2.00. The number of benzene rings is 2. The van der Waals surface area contributed by atoms with E-state index in [4.69, 9.17) is 16.0 Å². The first kappa shape index (κ1) is 16.5. The van der Waals surface area contributed by atoms with Gasteiger partial charge in [-0.1, -0.05) is 39.7 Å². The van der Waals surface area contributed by atoms with E-state index < -0.39 is 0 Å². The Kier molecular flexibility index (Phi) is 5.13. The van der Waals surface area contributed by atoms with Crippen LogP contribution in [0, 0.1) is 0 Å². The largest absolute Gasteiger partial charge is 0.455 e. The van der Waals surface area contributed by atoms with Crippen molar-refractivity contribution in [3.63, 3.8) is 0 Å². The molecule has 1 aromatic heterocycles. The molecule has 0 saturated carbocycles. The third kappa shape index (κ3) is 3.93. The molecule has 0 spiro atoms. The second-order valence-corrected chi connectivity index (χ2v) is 6.21. The molecule has 0 fully saturated rings. The highest BCUT2D eigenvalue weighted by Gasteiger charge is 2.07. The smallest absolute Gasteiger partial charge is 0.271 e. The number of nitrogens with zero attached hydrogens (tertiary/aromatic N) is 1.